The molecule has 0 aromatic rings. The lowest BCUT2D eigenvalue weighted by atomic mass is 9.88. The van der Waals surface area contributed by atoms with Gasteiger partial charge in [0.25, 0.3) is 0 Å². The quantitative estimate of drug-likeness (QED) is 0.810. The van der Waals surface area contributed by atoms with E-state index in [1.807, 2.05) is 0 Å². The van der Waals surface area contributed by atoms with Crippen LogP contribution in [0.5, 0.6) is 0 Å². The lowest BCUT2D eigenvalue weighted by Gasteiger charge is -2.46. The van der Waals surface area contributed by atoms with Gasteiger partial charge in [-0.05, 0) is 38.5 Å². The summed E-state index contributed by atoms with van der Waals surface area (Å²) in [6.45, 7) is 10.8. The molecule has 1 N–H and O–H groups in total. The van der Waals surface area contributed by atoms with Crippen molar-refractivity contribution in [2.24, 2.45) is 5.92 Å². The van der Waals surface area contributed by atoms with Crippen LogP contribution < -0.4 is 5.32 Å². The van der Waals surface area contributed by atoms with Gasteiger partial charge in [-0.15, -0.1) is 0 Å². The van der Waals surface area contributed by atoms with E-state index in [2.05, 4.69) is 31.0 Å². The van der Waals surface area contributed by atoms with Gasteiger partial charge in [0.15, 0.2) is 0 Å². The highest BCUT2D eigenvalue weighted by Gasteiger charge is 2.35. The van der Waals surface area contributed by atoms with Crippen LogP contribution in [0.2, 0.25) is 0 Å². The van der Waals surface area contributed by atoms with E-state index in [4.69, 9.17) is 0 Å². The Kier molecular flexibility index (Phi) is 4.48. The number of nitrogens with zero attached hydrogens (tertiary/aromatic N) is 1. The van der Waals surface area contributed by atoms with Crippen LogP contribution in [0.3, 0.4) is 0 Å². The molecule has 17 heavy (non-hydrogen) atoms. The fraction of sp³-hybridized carbons (Fsp3) is 1.00. The van der Waals surface area contributed by atoms with Gasteiger partial charge in [0.1, 0.15) is 0 Å². The first-order valence-electron chi connectivity index (χ1n) is 7.70. The molecule has 0 amide bonds. The summed E-state index contributed by atoms with van der Waals surface area (Å²) in [7, 11) is 0. The third kappa shape index (κ3) is 2.85. The Bertz CT molecular complexity index is 229. The first-order chi connectivity index (χ1) is 8.21. The fourth-order valence-corrected chi connectivity index (χ4v) is 3.80. The molecule has 100 valence electrons. The number of hydrogen-bond acceptors (Lipinski definition) is 2. The van der Waals surface area contributed by atoms with Crippen molar-refractivity contribution >= 4 is 0 Å². The minimum Gasteiger partial charge on any atom is -0.309 e. The van der Waals surface area contributed by atoms with Crippen LogP contribution in [-0.4, -0.2) is 36.1 Å². The van der Waals surface area contributed by atoms with Crippen LogP contribution >= 0.6 is 0 Å². The molecule has 2 rings (SSSR count). The topological polar surface area (TPSA) is 15.3 Å². The summed E-state index contributed by atoms with van der Waals surface area (Å²) >= 11 is 0. The van der Waals surface area contributed by atoms with Crippen molar-refractivity contribution in [3.63, 3.8) is 0 Å². The second-order valence-electron chi connectivity index (χ2n) is 6.17. The number of rotatable bonds is 4. The fourth-order valence-electron chi connectivity index (χ4n) is 3.80. The molecule has 2 heteroatoms. The van der Waals surface area contributed by atoms with Crippen molar-refractivity contribution in [2.45, 2.75) is 70.9 Å². The molecule has 1 heterocycles. The van der Waals surface area contributed by atoms with E-state index in [1.54, 1.807) is 0 Å². The van der Waals surface area contributed by atoms with Gasteiger partial charge in [-0.2, -0.15) is 0 Å². The van der Waals surface area contributed by atoms with Crippen molar-refractivity contribution < 1.29 is 0 Å². The largest absolute Gasteiger partial charge is 0.309 e. The zero-order valence-corrected chi connectivity index (χ0v) is 12.0. The average Bonchev–Trinajstić information content (AvgIpc) is 2.91. The minimum atomic E-state index is 0.394. The SMILES string of the molecule is CCC1(CC)CN(C(C)C2CCCC2)CCN1. The molecule has 1 unspecified atom stereocenters. The van der Waals surface area contributed by atoms with Crippen LogP contribution in [0.4, 0.5) is 0 Å². The molecule has 2 aliphatic rings. The Morgan fingerprint density at radius 1 is 1.24 bits per heavy atom. The van der Waals surface area contributed by atoms with Gasteiger partial charge in [-0.1, -0.05) is 26.7 Å². The summed E-state index contributed by atoms with van der Waals surface area (Å²) in [6.07, 6.45) is 8.39. The smallest absolute Gasteiger partial charge is 0.0304 e. The maximum Gasteiger partial charge on any atom is 0.0304 e. The molecule has 1 saturated carbocycles. The number of piperazine rings is 1. The van der Waals surface area contributed by atoms with Gasteiger partial charge in [0.05, 0.1) is 0 Å². The molecule has 0 radical (unpaired) electrons. The van der Waals surface area contributed by atoms with E-state index in [9.17, 15) is 0 Å². The normalized spacial score (nSPS) is 28.4. The zero-order valence-electron chi connectivity index (χ0n) is 12.0. The summed E-state index contributed by atoms with van der Waals surface area (Å²) in [5.74, 6) is 0.972. The highest BCUT2D eigenvalue weighted by atomic mass is 15.2. The summed E-state index contributed by atoms with van der Waals surface area (Å²) in [4.78, 5) is 2.76. The van der Waals surface area contributed by atoms with Crippen LogP contribution in [0, 0.1) is 5.92 Å². The van der Waals surface area contributed by atoms with Crippen molar-refractivity contribution in [3.05, 3.63) is 0 Å². The molecule has 0 aromatic heterocycles. The van der Waals surface area contributed by atoms with Gasteiger partial charge in [-0.3, -0.25) is 4.90 Å². The van der Waals surface area contributed by atoms with E-state index in [0.717, 1.165) is 12.0 Å². The summed E-state index contributed by atoms with van der Waals surface area (Å²) < 4.78 is 0. The van der Waals surface area contributed by atoms with E-state index in [0.29, 0.717) is 5.54 Å². The van der Waals surface area contributed by atoms with Crippen molar-refractivity contribution in [1.82, 2.24) is 10.2 Å². The predicted molar refractivity (Wildman–Crippen MR) is 74.3 cm³/mol. The van der Waals surface area contributed by atoms with E-state index in [1.165, 1.54) is 58.2 Å². The molecule has 1 saturated heterocycles. The third-order valence-corrected chi connectivity index (χ3v) is 5.42. The van der Waals surface area contributed by atoms with E-state index >= 15 is 0 Å². The second kappa shape index (κ2) is 5.71. The molecule has 1 aliphatic heterocycles. The third-order valence-electron chi connectivity index (χ3n) is 5.42. The van der Waals surface area contributed by atoms with Crippen molar-refractivity contribution in [1.29, 1.82) is 0 Å². The number of nitrogens with one attached hydrogen (secondary N) is 1. The van der Waals surface area contributed by atoms with Crippen molar-refractivity contribution in [3.8, 4) is 0 Å². The van der Waals surface area contributed by atoms with E-state index < -0.39 is 0 Å². The highest BCUT2D eigenvalue weighted by molar-refractivity contribution is 4.95. The lowest BCUT2D eigenvalue weighted by Crippen LogP contribution is -2.62. The Balaban J connectivity index is 1.96. The summed E-state index contributed by atoms with van der Waals surface area (Å²) in [5.41, 5.74) is 0.394. The van der Waals surface area contributed by atoms with Gasteiger partial charge >= 0.3 is 0 Å². The van der Waals surface area contributed by atoms with Crippen LogP contribution in [0.15, 0.2) is 0 Å². The van der Waals surface area contributed by atoms with Gasteiger partial charge in [0.2, 0.25) is 0 Å². The Labute approximate surface area is 107 Å². The highest BCUT2D eigenvalue weighted by Crippen LogP contribution is 2.32. The maximum absolute atomic E-state index is 3.77. The van der Waals surface area contributed by atoms with Crippen LogP contribution in [0.1, 0.15) is 59.3 Å². The average molecular weight is 238 g/mol. The number of hydrogen-bond donors (Lipinski definition) is 1. The van der Waals surface area contributed by atoms with Crippen molar-refractivity contribution in [2.75, 3.05) is 19.6 Å². The van der Waals surface area contributed by atoms with Gasteiger partial charge < -0.3 is 5.32 Å². The monoisotopic (exact) mass is 238 g/mol. The second-order valence-corrected chi connectivity index (χ2v) is 6.17. The maximum atomic E-state index is 3.77. The standard InChI is InChI=1S/C15H30N2/c1-4-15(5-2)12-17(11-10-16-15)13(3)14-8-6-7-9-14/h13-14,16H,4-12H2,1-3H3. The molecule has 2 fully saturated rings. The Morgan fingerprint density at radius 2 is 1.88 bits per heavy atom. The van der Waals surface area contributed by atoms with Gasteiger partial charge in [-0.25, -0.2) is 0 Å². The molecule has 0 spiro atoms. The summed E-state index contributed by atoms with van der Waals surface area (Å²) in [5, 5.41) is 3.77. The van der Waals surface area contributed by atoms with Crippen LogP contribution in [-0.2, 0) is 0 Å². The molecular weight excluding hydrogens is 208 g/mol. The molecular formula is C15H30N2. The molecule has 0 aromatic carbocycles. The molecule has 0 bridgehead atoms. The first kappa shape index (κ1) is 13.4. The first-order valence-corrected chi connectivity index (χ1v) is 7.70. The molecule has 1 aliphatic carbocycles. The minimum absolute atomic E-state index is 0.394. The lowest BCUT2D eigenvalue weighted by molar-refractivity contribution is 0.0680. The predicted octanol–water partition coefficient (Wildman–Crippen LogP) is 3.03. The van der Waals surface area contributed by atoms with E-state index in [-0.39, 0.29) is 0 Å². The summed E-state index contributed by atoms with van der Waals surface area (Å²) in [6, 6.07) is 0.803. The molecule has 2 nitrogen and oxygen atoms in total. The Morgan fingerprint density at radius 3 is 2.47 bits per heavy atom. The van der Waals surface area contributed by atoms with Crippen LogP contribution in [0.25, 0.3) is 0 Å². The molecule has 1 atom stereocenters. The van der Waals surface area contributed by atoms with Gasteiger partial charge in [0, 0.05) is 31.2 Å². The Hall–Kier alpha value is -0.0800. The zero-order chi connectivity index (χ0) is 12.3.